The zero-order chi connectivity index (χ0) is 14.5. The number of benzene rings is 1. The Hall–Kier alpha value is -1.88. The number of carbonyl (C=O) groups excluding carboxylic acids is 1. The van der Waals surface area contributed by atoms with Crippen molar-refractivity contribution in [2.45, 2.75) is 44.4 Å². The minimum atomic E-state index is -1.07. The molecule has 1 aliphatic rings. The van der Waals surface area contributed by atoms with Gasteiger partial charge in [0.2, 0.25) is 5.91 Å². The van der Waals surface area contributed by atoms with Gasteiger partial charge >= 0.3 is 5.97 Å². The molecule has 2 rings (SSSR count). The summed E-state index contributed by atoms with van der Waals surface area (Å²) >= 11 is 0. The van der Waals surface area contributed by atoms with Gasteiger partial charge in [0.15, 0.2) is 6.04 Å². The Morgan fingerprint density at radius 2 is 2.05 bits per heavy atom. The summed E-state index contributed by atoms with van der Waals surface area (Å²) < 4.78 is 5.58. The Bertz CT molecular complexity index is 474. The van der Waals surface area contributed by atoms with E-state index in [1.54, 1.807) is 30.3 Å². The van der Waals surface area contributed by atoms with Gasteiger partial charge in [-0.15, -0.1) is 0 Å². The van der Waals surface area contributed by atoms with Gasteiger partial charge in [-0.2, -0.15) is 0 Å². The third-order valence-electron chi connectivity index (χ3n) is 3.52. The van der Waals surface area contributed by atoms with Crippen LogP contribution in [0.15, 0.2) is 30.3 Å². The fourth-order valence-corrected chi connectivity index (χ4v) is 2.37. The van der Waals surface area contributed by atoms with Crippen molar-refractivity contribution in [3.8, 4) is 0 Å². The lowest BCUT2D eigenvalue weighted by Crippen LogP contribution is -2.40. The lowest BCUT2D eigenvalue weighted by atomic mass is 10.1. The average Bonchev–Trinajstić information content (AvgIpc) is 2.94. The van der Waals surface area contributed by atoms with E-state index >= 15 is 0 Å². The average molecular weight is 277 g/mol. The van der Waals surface area contributed by atoms with Gasteiger partial charge in [0.05, 0.1) is 6.10 Å². The minimum absolute atomic E-state index is 0.103. The van der Waals surface area contributed by atoms with Crippen LogP contribution in [0.25, 0.3) is 0 Å². The van der Waals surface area contributed by atoms with Gasteiger partial charge < -0.3 is 15.2 Å². The molecule has 5 nitrogen and oxygen atoms in total. The van der Waals surface area contributed by atoms with E-state index in [2.05, 4.69) is 5.32 Å². The van der Waals surface area contributed by atoms with Gasteiger partial charge in [0, 0.05) is 0 Å². The highest BCUT2D eigenvalue weighted by Gasteiger charge is 2.32. The maximum absolute atomic E-state index is 12.1. The van der Waals surface area contributed by atoms with Crippen molar-refractivity contribution in [3.63, 3.8) is 0 Å². The quantitative estimate of drug-likeness (QED) is 0.861. The lowest BCUT2D eigenvalue weighted by Gasteiger charge is -2.18. The molecule has 2 unspecified atom stereocenters. The maximum Gasteiger partial charge on any atom is 0.330 e. The van der Waals surface area contributed by atoms with E-state index in [9.17, 15) is 14.7 Å². The van der Waals surface area contributed by atoms with Gasteiger partial charge in [-0.05, 0) is 24.8 Å². The molecule has 1 amide bonds. The highest BCUT2D eigenvalue weighted by molar-refractivity contribution is 5.87. The Kier molecular flexibility index (Phi) is 4.74. The molecule has 5 heteroatoms. The fourth-order valence-electron chi connectivity index (χ4n) is 2.37. The van der Waals surface area contributed by atoms with Gasteiger partial charge in [-0.25, -0.2) is 4.79 Å². The van der Waals surface area contributed by atoms with E-state index in [1.165, 1.54) is 0 Å². The van der Waals surface area contributed by atoms with E-state index < -0.39 is 18.1 Å². The molecule has 1 aromatic carbocycles. The number of ether oxygens (including phenoxy) is 1. The second kappa shape index (κ2) is 6.52. The highest BCUT2D eigenvalue weighted by atomic mass is 16.5. The number of carboxylic acid groups (broad SMARTS) is 1. The van der Waals surface area contributed by atoms with Crippen LogP contribution >= 0.6 is 0 Å². The molecule has 1 saturated heterocycles. The van der Waals surface area contributed by atoms with Crippen molar-refractivity contribution in [1.29, 1.82) is 0 Å². The molecule has 0 saturated carbocycles. The van der Waals surface area contributed by atoms with Crippen molar-refractivity contribution in [2.24, 2.45) is 0 Å². The molecule has 0 spiro atoms. The largest absolute Gasteiger partial charge is 0.479 e. The first-order chi connectivity index (χ1) is 9.61. The number of carboxylic acids is 1. The summed E-state index contributed by atoms with van der Waals surface area (Å²) in [5.74, 6) is -1.42. The van der Waals surface area contributed by atoms with Crippen LogP contribution in [0.3, 0.4) is 0 Å². The van der Waals surface area contributed by atoms with Gasteiger partial charge in [-0.3, -0.25) is 4.79 Å². The van der Waals surface area contributed by atoms with Gasteiger partial charge in [0.1, 0.15) is 6.10 Å². The molecule has 3 atom stereocenters. The third-order valence-corrected chi connectivity index (χ3v) is 3.52. The number of hydrogen-bond donors (Lipinski definition) is 2. The number of rotatable bonds is 5. The van der Waals surface area contributed by atoms with Crippen LogP contribution < -0.4 is 5.32 Å². The molecule has 20 heavy (non-hydrogen) atoms. The van der Waals surface area contributed by atoms with Crippen LogP contribution in [0.1, 0.15) is 37.8 Å². The zero-order valence-corrected chi connectivity index (χ0v) is 11.4. The molecular formula is C15H19NO4. The minimum Gasteiger partial charge on any atom is -0.479 e. The first kappa shape index (κ1) is 14.5. The SMILES string of the molecule is CCC1CCC(C(=O)N[C@@H](C(=O)O)c2ccccc2)O1. The van der Waals surface area contributed by atoms with Crippen LogP contribution in [0, 0.1) is 0 Å². The van der Waals surface area contributed by atoms with Crippen molar-refractivity contribution in [1.82, 2.24) is 5.32 Å². The van der Waals surface area contributed by atoms with Crippen LogP contribution in [-0.4, -0.2) is 29.2 Å². The maximum atomic E-state index is 12.1. The van der Waals surface area contributed by atoms with E-state index in [-0.39, 0.29) is 12.0 Å². The standard InChI is InChI=1S/C15H19NO4/c1-2-11-8-9-12(20-11)14(17)16-13(15(18)19)10-6-4-3-5-7-10/h3-7,11-13H,2,8-9H2,1H3,(H,16,17)(H,18,19)/t11?,12?,13-/m1/s1. The van der Waals surface area contributed by atoms with Crippen molar-refractivity contribution in [3.05, 3.63) is 35.9 Å². The predicted molar refractivity (Wildman–Crippen MR) is 73.1 cm³/mol. The molecule has 0 bridgehead atoms. The fraction of sp³-hybridized carbons (Fsp3) is 0.467. The Morgan fingerprint density at radius 3 is 2.60 bits per heavy atom. The summed E-state index contributed by atoms with van der Waals surface area (Å²) in [5, 5.41) is 11.8. The van der Waals surface area contributed by atoms with Crippen molar-refractivity contribution < 1.29 is 19.4 Å². The first-order valence-electron chi connectivity index (χ1n) is 6.85. The van der Waals surface area contributed by atoms with E-state index in [0.29, 0.717) is 12.0 Å². The van der Waals surface area contributed by atoms with Gasteiger partial charge in [-0.1, -0.05) is 37.3 Å². The molecule has 1 aliphatic heterocycles. The van der Waals surface area contributed by atoms with Gasteiger partial charge in [0.25, 0.3) is 0 Å². The molecule has 1 fully saturated rings. The lowest BCUT2D eigenvalue weighted by molar-refractivity contribution is -0.144. The topological polar surface area (TPSA) is 75.6 Å². The molecular weight excluding hydrogens is 258 g/mol. The molecule has 2 N–H and O–H groups in total. The summed E-state index contributed by atoms with van der Waals surface area (Å²) in [7, 11) is 0. The first-order valence-corrected chi connectivity index (χ1v) is 6.85. The Morgan fingerprint density at radius 1 is 1.35 bits per heavy atom. The van der Waals surface area contributed by atoms with Crippen LogP contribution in [0.4, 0.5) is 0 Å². The number of aliphatic carboxylic acids is 1. The van der Waals surface area contributed by atoms with Crippen molar-refractivity contribution in [2.75, 3.05) is 0 Å². The Labute approximate surface area is 117 Å². The number of nitrogens with one attached hydrogen (secondary N) is 1. The molecule has 1 aromatic rings. The monoisotopic (exact) mass is 277 g/mol. The van der Waals surface area contributed by atoms with Crippen LogP contribution in [0.2, 0.25) is 0 Å². The summed E-state index contributed by atoms with van der Waals surface area (Å²) in [4.78, 5) is 23.4. The number of amides is 1. The second-order valence-corrected chi connectivity index (χ2v) is 4.92. The molecule has 0 radical (unpaired) electrons. The number of carbonyl (C=O) groups is 2. The second-order valence-electron chi connectivity index (χ2n) is 4.92. The molecule has 108 valence electrons. The Balaban J connectivity index is 2.02. The normalized spacial score (nSPS) is 23.2. The predicted octanol–water partition coefficient (Wildman–Crippen LogP) is 1.89. The molecule has 1 heterocycles. The zero-order valence-electron chi connectivity index (χ0n) is 11.4. The van der Waals surface area contributed by atoms with E-state index in [0.717, 1.165) is 12.8 Å². The smallest absolute Gasteiger partial charge is 0.330 e. The van der Waals surface area contributed by atoms with Crippen LogP contribution in [-0.2, 0) is 14.3 Å². The summed E-state index contributed by atoms with van der Waals surface area (Å²) in [6, 6.07) is 7.63. The van der Waals surface area contributed by atoms with Crippen LogP contribution in [0.5, 0.6) is 0 Å². The molecule has 0 aromatic heterocycles. The molecule has 0 aliphatic carbocycles. The summed E-state index contributed by atoms with van der Waals surface area (Å²) in [6.45, 7) is 2.01. The summed E-state index contributed by atoms with van der Waals surface area (Å²) in [6.07, 6.45) is 1.92. The van der Waals surface area contributed by atoms with E-state index in [1.807, 2.05) is 6.92 Å². The number of hydrogen-bond acceptors (Lipinski definition) is 3. The summed E-state index contributed by atoms with van der Waals surface area (Å²) in [5.41, 5.74) is 0.554. The highest BCUT2D eigenvalue weighted by Crippen LogP contribution is 2.23. The van der Waals surface area contributed by atoms with Crippen molar-refractivity contribution >= 4 is 11.9 Å². The third kappa shape index (κ3) is 3.36. The van der Waals surface area contributed by atoms with E-state index in [4.69, 9.17) is 4.74 Å².